The summed E-state index contributed by atoms with van der Waals surface area (Å²) in [6.07, 6.45) is 7.59. The van der Waals surface area contributed by atoms with E-state index in [1.807, 2.05) is 0 Å². The maximum atomic E-state index is 6.19. The van der Waals surface area contributed by atoms with Crippen molar-refractivity contribution in [2.75, 3.05) is 13.7 Å². The zero-order chi connectivity index (χ0) is 13.9. The number of hydrogen-bond donors (Lipinski definition) is 1. The van der Waals surface area contributed by atoms with Gasteiger partial charge in [-0.15, -0.1) is 0 Å². The molecule has 0 aliphatic carbocycles. The largest absolute Gasteiger partial charge is 0.497 e. The second-order valence-corrected chi connectivity index (χ2v) is 6.31. The van der Waals surface area contributed by atoms with Gasteiger partial charge in [0.15, 0.2) is 0 Å². The smallest absolute Gasteiger partial charge is 0.118 e. The zero-order valence-corrected chi connectivity index (χ0v) is 12.4. The van der Waals surface area contributed by atoms with Crippen LogP contribution in [0.4, 0.5) is 0 Å². The second-order valence-electron chi connectivity index (χ2n) is 6.31. The molecule has 0 saturated carbocycles. The minimum Gasteiger partial charge on any atom is -0.497 e. The van der Waals surface area contributed by atoms with Gasteiger partial charge in [0.25, 0.3) is 0 Å². The van der Waals surface area contributed by atoms with E-state index in [1.54, 1.807) is 7.11 Å². The molecule has 0 spiro atoms. The van der Waals surface area contributed by atoms with Crippen molar-refractivity contribution in [3.05, 3.63) is 29.8 Å². The lowest BCUT2D eigenvalue weighted by Crippen LogP contribution is -2.55. The van der Waals surface area contributed by atoms with Gasteiger partial charge in [-0.2, -0.15) is 0 Å². The highest BCUT2D eigenvalue weighted by molar-refractivity contribution is 5.27. The van der Waals surface area contributed by atoms with Crippen molar-refractivity contribution in [1.82, 2.24) is 4.90 Å². The van der Waals surface area contributed by atoms with Gasteiger partial charge in [-0.1, -0.05) is 18.6 Å². The van der Waals surface area contributed by atoms with E-state index in [2.05, 4.69) is 29.2 Å². The van der Waals surface area contributed by atoms with Gasteiger partial charge in [-0.05, 0) is 49.8 Å². The lowest BCUT2D eigenvalue weighted by Gasteiger charge is -2.48. The van der Waals surface area contributed by atoms with E-state index in [4.69, 9.17) is 10.5 Å². The number of hydrogen-bond acceptors (Lipinski definition) is 3. The Morgan fingerprint density at radius 1 is 1.15 bits per heavy atom. The molecule has 110 valence electrons. The molecule has 3 rings (SSSR count). The molecule has 3 nitrogen and oxygen atoms in total. The minimum absolute atomic E-state index is 0.433. The van der Waals surface area contributed by atoms with Gasteiger partial charge < -0.3 is 10.5 Å². The summed E-state index contributed by atoms with van der Waals surface area (Å²) in [6.45, 7) is 1.17. The molecule has 1 aromatic rings. The van der Waals surface area contributed by atoms with Gasteiger partial charge >= 0.3 is 0 Å². The Morgan fingerprint density at radius 3 is 2.40 bits per heavy atom. The van der Waals surface area contributed by atoms with Crippen LogP contribution in [0.15, 0.2) is 24.3 Å². The molecule has 2 aliphatic rings. The molecule has 3 heteroatoms. The molecule has 2 aliphatic heterocycles. The van der Waals surface area contributed by atoms with Crippen LogP contribution in [0.5, 0.6) is 5.75 Å². The van der Waals surface area contributed by atoms with Crippen molar-refractivity contribution in [2.45, 2.75) is 56.7 Å². The normalized spacial score (nSPS) is 30.2. The molecule has 2 N–H and O–H groups in total. The highest BCUT2D eigenvalue weighted by Crippen LogP contribution is 2.33. The lowest BCUT2D eigenvalue weighted by atomic mass is 9.82. The summed E-state index contributed by atoms with van der Waals surface area (Å²) in [4.78, 5) is 2.73. The quantitative estimate of drug-likeness (QED) is 0.917. The molecule has 20 heavy (non-hydrogen) atoms. The van der Waals surface area contributed by atoms with Crippen LogP contribution < -0.4 is 10.5 Å². The maximum Gasteiger partial charge on any atom is 0.118 e. The van der Waals surface area contributed by atoms with Crippen LogP contribution in [0.25, 0.3) is 0 Å². The zero-order valence-electron chi connectivity index (χ0n) is 12.4. The van der Waals surface area contributed by atoms with Gasteiger partial charge in [0.2, 0.25) is 0 Å². The Labute approximate surface area is 122 Å². The summed E-state index contributed by atoms with van der Waals surface area (Å²) in [5, 5.41) is 0. The van der Waals surface area contributed by atoms with E-state index in [9.17, 15) is 0 Å². The number of benzene rings is 1. The predicted molar refractivity (Wildman–Crippen MR) is 82.0 cm³/mol. The fraction of sp³-hybridized carbons (Fsp3) is 0.647. The maximum absolute atomic E-state index is 6.19. The van der Waals surface area contributed by atoms with E-state index >= 15 is 0 Å². The first-order valence-electron chi connectivity index (χ1n) is 7.90. The Hall–Kier alpha value is -1.06. The van der Waals surface area contributed by atoms with Crippen molar-refractivity contribution in [1.29, 1.82) is 0 Å². The molecule has 2 unspecified atom stereocenters. The molecular formula is C17H26N2O. The highest BCUT2D eigenvalue weighted by Gasteiger charge is 2.36. The predicted octanol–water partition coefficient (Wildman–Crippen LogP) is 2.58. The van der Waals surface area contributed by atoms with Crippen LogP contribution in [-0.4, -0.2) is 36.7 Å². The first kappa shape index (κ1) is 13.9. The molecule has 2 bridgehead atoms. The average molecular weight is 274 g/mol. The van der Waals surface area contributed by atoms with E-state index < -0.39 is 0 Å². The fourth-order valence-electron chi connectivity index (χ4n) is 3.94. The van der Waals surface area contributed by atoms with Crippen LogP contribution in [0.3, 0.4) is 0 Å². The Kier molecular flexibility index (Phi) is 4.27. The third-order valence-corrected chi connectivity index (χ3v) is 4.98. The summed E-state index contributed by atoms with van der Waals surface area (Å²) in [7, 11) is 1.72. The summed E-state index contributed by atoms with van der Waals surface area (Å²) < 4.78 is 5.21. The van der Waals surface area contributed by atoms with E-state index in [0.29, 0.717) is 6.04 Å². The van der Waals surface area contributed by atoms with Crippen molar-refractivity contribution < 1.29 is 4.74 Å². The molecule has 2 saturated heterocycles. The van der Waals surface area contributed by atoms with Crippen molar-refractivity contribution in [3.63, 3.8) is 0 Å². The second kappa shape index (κ2) is 6.15. The molecule has 2 atom stereocenters. The van der Waals surface area contributed by atoms with Gasteiger partial charge in [-0.25, -0.2) is 0 Å². The SMILES string of the molecule is COc1ccc(CCN2C3CCCC2CC(N)C3)cc1. The fourth-order valence-corrected chi connectivity index (χ4v) is 3.94. The summed E-state index contributed by atoms with van der Waals surface area (Å²) >= 11 is 0. The lowest BCUT2D eigenvalue weighted by molar-refractivity contribution is 0.0327. The number of nitrogens with zero attached hydrogens (tertiary/aromatic N) is 1. The van der Waals surface area contributed by atoms with Crippen LogP contribution in [0.1, 0.15) is 37.7 Å². The molecule has 0 amide bonds. The van der Waals surface area contributed by atoms with Crippen molar-refractivity contribution >= 4 is 0 Å². The van der Waals surface area contributed by atoms with Gasteiger partial charge in [0, 0.05) is 24.7 Å². The van der Waals surface area contributed by atoms with E-state index in [0.717, 1.165) is 24.3 Å². The summed E-state index contributed by atoms with van der Waals surface area (Å²) in [6, 6.07) is 10.4. The Morgan fingerprint density at radius 2 is 1.80 bits per heavy atom. The van der Waals surface area contributed by atoms with Crippen LogP contribution in [-0.2, 0) is 6.42 Å². The Balaban J connectivity index is 1.59. The minimum atomic E-state index is 0.433. The topological polar surface area (TPSA) is 38.5 Å². The van der Waals surface area contributed by atoms with Gasteiger partial charge in [0.05, 0.1) is 7.11 Å². The van der Waals surface area contributed by atoms with E-state index in [-0.39, 0.29) is 0 Å². The number of piperidine rings is 2. The van der Waals surface area contributed by atoms with Crippen molar-refractivity contribution in [3.8, 4) is 5.75 Å². The third-order valence-electron chi connectivity index (χ3n) is 4.98. The van der Waals surface area contributed by atoms with E-state index in [1.165, 1.54) is 44.2 Å². The van der Waals surface area contributed by atoms with Crippen LogP contribution in [0.2, 0.25) is 0 Å². The molecule has 1 aromatic carbocycles. The first-order valence-corrected chi connectivity index (χ1v) is 7.90. The monoisotopic (exact) mass is 274 g/mol. The first-order chi connectivity index (χ1) is 9.76. The molecule has 0 aromatic heterocycles. The van der Waals surface area contributed by atoms with Gasteiger partial charge in [0.1, 0.15) is 5.75 Å². The molecule has 2 fully saturated rings. The van der Waals surface area contributed by atoms with Crippen molar-refractivity contribution in [2.24, 2.45) is 5.73 Å². The molecule has 0 radical (unpaired) electrons. The summed E-state index contributed by atoms with van der Waals surface area (Å²) in [5.74, 6) is 0.939. The molecular weight excluding hydrogens is 248 g/mol. The third kappa shape index (κ3) is 2.99. The Bertz CT molecular complexity index is 417. The number of fused-ring (bicyclic) bond motifs is 2. The standard InChI is InChI=1S/C17H26N2O/c1-20-17-7-5-13(6-8-17)9-10-19-15-3-2-4-16(19)12-14(18)11-15/h5-8,14-16H,2-4,9-12,18H2,1H3. The number of rotatable bonds is 4. The summed E-state index contributed by atoms with van der Waals surface area (Å²) in [5.41, 5.74) is 7.59. The number of nitrogens with two attached hydrogens (primary N) is 1. The van der Waals surface area contributed by atoms with Crippen LogP contribution in [0, 0.1) is 0 Å². The average Bonchev–Trinajstić information content (AvgIpc) is 2.45. The molecule has 2 heterocycles. The number of ether oxygens (including phenoxy) is 1. The van der Waals surface area contributed by atoms with Crippen LogP contribution >= 0.6 is 0 Å². The number of methoxy groups -OCH3 is 1. The highest BCUT2D eigenvalue weighted by atomic mass is 16.5. The van der Waals surface area contributed by atoms with Gasteiger partial charge in [-0.3, -0.25) is 4.90 Å².